The van der Waals surface area contributed by atoms with Crippen LogP contribution in [0, 0.1) is 0 Å². The Morgan fingerprint density at radius 1 is 1.06 bits per heavy atom. The molecule has 4 unspecified atom stereocenters. The average molecular weight is 730 g/mol. The SMILES string of the molecule is COCCCN1CCOc2ccc(COC3CN(C(=O)OCCCCCCON(O)O)C(CC(O)c4nn[nH]n4)CC3c3ccc(OC)cc3)cc21. The maximum absolute atomic E-state index is 13.7. The Kier molecular flexibility index (Phi) is 15.2. The first-order valence-corrected chi connectivity index (χ1v) is 17.8. The van der Waals surface area contributed by atoms with Crippen molar-refractivity contribution in [3.8, 4) is 11.5 Å². The zero-order valence-corrected chi connectivity index (χ0v) is 29.8. The Hall–Kier alpha value is -4.10. The van der Waals surface area contributed by atoms with Crippen LogP contribution in [0.1, 0.15) is 73.9 Å². The number of carbonyl (C=O) groups is 1. The van der Waals surface area contributed by atoms with E-state index in [-0.39, 0.29) is 43.3 Å². The van der Waals surface area contributed by atoms with Gasteiger partial charge in [-0.3, -0.25) is 15.3 Å². The molecule has 0 aliphatic carbocycles. The van der Waals surface area contributed by atoms with E-state index < -0.39 is 24.3 Å². The number of fused-ring (bicyclic) bond motifs is 1. The molecule has 0 saturated carbocycles. The molecule has 0 radical (unpaired) electrons. The van der Waals surface area contributed by atoms with Crippen molar-refractivity contribution in [3.63, 3.8) is 0 Å². The minimum Gasteiger partial charge on any atom is -0.497 e. The monoisotopic (exact) mass is 729 g/mol. The molecule has 4 N–H and O–H groups in total. The molecule has 1 amide bonds. The van der Waals surface area contributed by atoms with Crippen molar-refractivity contribution < 1.29 is 48.8 Å². The number of likely N-dealkylation sites (tertiary alicyclic amines) is 1. The number of methoxy groups -OCH3 is 2. The zero-order chi connectivity index (χ0) is 36.7. The molecule has 17 heteroatoms. The summed E-state index contributed by atoms with van der Waals surface area (Å²) in [5.74, 6) is 1.59. The number of hydrogen-bond donors (Lipinski definition) is 4. The number of unbranched alkanes of at least 4 members (excludes halogenated alkanes) is 3. The van der Waals surface area contributed by atoms with Crippen molar-refractivity contribution in [2.75, 3.05) is 65.2 Å². The molecule has 3 heterocycles. The highest BCUT2D eigenvalue weighted by Crippen LogP contribution is 2.39. The number of benzene rings is 2. The van der Waals surface area contributed by atoms with Gasteiger partial charge in [0, 0.05) is 38.6 Å². The molecule has 1 aromatic heterocycles. The third-order valence-corrected chi connectivity index (χ3v) is 9.42. The van der Waals surface area contributed by atoms with Crippen LogP contribution in [0.25, 0.3) is 0 Å². The van der Waals surface area contributed by atoms with Crippen molar-refractivity contribution in [2.45, 2.75) is 75.7 Å². The van der Waals surface area contributed by atoms with Crippen LogP contribution >= 0.6 is 0 Å². The lowest BCUT2D eigenvalue weighted by molar-refractivity contribution is -0.492. The number of aliphatic hydroxyl groups excluding tert-OH is 1. The third-order valence-electron chi connectivity index (χ3n) is 9.42. The van der Waals surface area contributed by atoms with E-state index in [9.17, 15) is 9.90 Å². The van der Waals surface area contributed by atoms with Crippen LogP contribution in [-0.2, 0) is 25.7 Å². The number of carbonyl (C=O) groups excluding carboxylic acids is 1. The van der Waals surface area contributed by atoms with Gasteiger partial charge in [0.05, 0.1) is 57.2 Å². The fraction of sp³-hybridized carbons (Fsp3) is 0.600. The number of aromatic amines is 1. The summed E-state index contributed by atoms with van der Waals surface area (Å²) in [6.45, 7) is 3.85. The molecular weight excluding hydrogens is 678 g/mol. The molecule has 1 saturated heterocycles. The number of ether oxygens (including phenoxy) is 5. The summed E-state index contributed by atoms with van der Waals surface area (Å²) >= 11 is 0. The fourth-order valence-electron chi connectivity index (χ4n) is 6.72. The average Bonchev–Trinajstić information content (AvgIpc) is 3.71. The van der Waals surface area contributed by atoms with Gasteiger partial charge in [0.2, 0.25) is 5.82 Å². The van der Waals surface area contributed by atoms with Crippen LogP contribution in [0.2, 0.25) is 0 Å². The molecule has 5 rings (SSSR count). The minimum absolute atomic E-state index is 0.125. The Balaban J connectivity index is 1.31. The molecule has 2 aliphatic heterocycles. The molecular formula is C35H51N7O10. The molecule has 2 aromatic carbocycles. The van der Waals surface area contributed by atoms with Gasteiger partial charge in [-0.15, -0.1) is 10.2 Å². The number of piperidine rings is 1. The van der Waals surface area contributed by atoms with Gasteiger partial charge >= 0.3 is 6.09 Å². The topological polar surface area (TPSA) is 197 Å². The predicted octanol–water partition coefficient (Wildman–Crippen LogP) is 4.02. The highest BCUT2D eigenvalue weighted by Gasteiger charge is 2.41. The van der Waals surface area contributed by atoms with Crippen LogP contribution < -0.4 is 14.4 Å². The zero-order valence-electron chi connectivity index (χ0n) is 29.8. The summed E-state index contributed by atoms with van der Waals surface area (Å²) in [6.07, 6.45) is 2.35. The minimum atomic E-state index is -1.06. The molecule has 0 spiro atoms. The first-order valence-electron chi connectivity index (χ1n) is 17.8. The van der Waals surface area contributed by atoms with Gasteiger partial charge in [0.1, 0.15) is 24.2 Å². The summed E-state index contributed by atoms with van der Waals surface area (Å²) in [5, 5.41) is 42.0. The maximum atomic E-state index is 13.7. The van der Waals surface area contributed by atoms with Crippen LogP contribution in [-0.4, -0.2) is 125 Å². The number of tetrazole rings is 1. The Bertz CT molecular complexity index is 1480. The number of aromatic nitrogens is 4. The Labute approximate surface area is 303 Å². The number of amides is 1. The van der Waals surface area contributed by atoms with E-state index in [2.05, 4.69) is 36.4 Å². The molecule has 4 atom stereocenters. The number of anilines is 1. The van der Waals surface area contributed by atoms with Gasteiger partial charge in [-0.25, -0.2) is 4.79 Å². The van der Waals surface area contributed by atoms with Crippen molar-refractivity contribution in [2.24, 2.45) is 0 Å². The number of nitrogens with zero attached hydrogens (tertiary/aromatic N) is 6. The van der Waals surface area contributed by atoms with E-state index >= 15 is 0 Å². The lowest BCUT2D eigenvalue weighted by Crippen LogP contribution is -2.53. The predicted molar refractivity (Wildman–Crippen MR) is 185 cm³/mol. The van der Waals surface area contributed by atoms with Gasteiger partial charge in [-0.2, -0.15) is 5.21 Å². The van der Waals surface area contributed by atoms with Gasteiger partial charge in [0.25, 0.3) is 0 Å². The highest BCUT2D eigenvalue weighted by atomic mass is 17.1. The first kappa shape index (κ1) is 39.1. The molecule has 2 aliphatic rings. The van der Waals surface area contributed by atoms with Crippen molar-refractivity contribution in [1.82, 2.24) is 30.9 Å². The van der Waals surface area contributed by atoms with E-state index in [4.69, 9.17) is 34.1 Å². The number of H-pyrrole nitrogens is 1. The van der Waals surface area contributed by atoms with E-state index in [0.717, 1.165) is 60.7 Å². The van der Waals surface area contributed by atoms with Crippen molar-refractivity contribution in [3.05, 3.63) is 59.4 Å². The summed E-state index contributed by atoms with van der Waals surface area (Å²) in [4.78, 5) is 22.3. The quantitative estimate of drug-likeness (QED) is 0.0960. The summed E-state index contributed by atoms with van der Waals surface area (Å²) in [6, 6.07) is 13.5. The second-order valence-corrected chi connectivity index (χ2v) is 12.9. The van der Waals surface area contributed by atoms with Gasteiger partial charge < -0.3 is 38.6 Å². The molecule has 286 valence electrons. The van der Waals surface area contributed by atoms with E-state index in [1.165, 1.54) is 0 Å². The smallest absolute Gasteiger partial charge is 0.410 e. The van der Waals surface area contributed by atoms with Crippen LogP contribution in [0.3, 0.4) is 0 Å². The van der Waals surface area contributed by atoms with Crippen molar-refractivity contribution >= 4 is 11.8 Å². The molecule has 0 bridgehead atoms. The molecule has 1 fully saturated rings. The lowest BCUT2D eigenvalue weighted by Gasteiger charge is -2.44. The number of nitrogens with one attached hydrogen (secondary N) is 1. The van der Waals surface area contributed by atoms with Gasteiger partial charge in [0.15, 0.2) is 0 Å². The normalized spacial score (nSPS) is 19.3. The second-order valence-electron chi connectivity index (χ2n) is 12.9. The second kappa shape index (κ2) is 20.2. The van der Waals surface area contributed by atoms with Crippen molar-refractivity contribution in [1.29, 1.82) is 0 Å². The maximum Gasteiger partial charge on any atom is 0.410 e. The Morgan fingerprint density at radius 2 is 1.87 bits per heavy atom. The third kappa shape index (κ3) is 11.2. The number of aliphatic hydroxyl groups is 1. The fourth-order valence-corrected chi connectivity index (χ4v) is 6.72. The van der Waals surface area contributed by atoms with E-state index in [1.54, 1.807) is 19.1 Å². The number of rotatable bonds is 20. The highest BCUT2D eigenvalue weighted by molar-refractivity contribution is 5.68. The molecule has 3 aromatic rings. The van der Waals surface area contributed by atoms with E-state index in [1.807, 2.05) is 36.4 Å². The standard InChI is InChI=1S/C35H51N7O10/c1-47-16-7-14-40-15-19-49-32-13-8-25(20-30(32)40)24-51-33-23-41(35(44)50-17-5-3-4-6-18-52-42(45)46)27(22-31(43)34-36-38-39-37-34)21-29(33)26-9-11-28(48-2)12-10-26/h8-13,20,27,29,31,33,43,45-46H,3-7,14-19,21-24H2,1-2H3,(H,36,37,38,39). The summed E-state index contributed by atoms with van der Waals surface area (Å²) < 4.78 is 29.1. The largest absolute Gasteiger partial charge is 0.497 e. The van der Waals surface area contributed by atoms with Gasteiger partial charge in [-0.05, 0) is 67.5 Å². The van der Waals surface area contributed by atoms with E-state index in [0.29, 0.717) is 39.1 Å². The lowest BCUT2D eigenvalue weighted by atomic mass is 9.81. The van der Waals surface area contributed by atoms with Crippen LogP contribution in [0.5, 0.6) is 11.5 Å². The summed E-state index contributed by atoms with van der Waals surface area (Å²) in [7, 11) is 3.33. The van der Waals surface area contributed by atoms with Crippen LogP contribution in [0.4, 0.5) is 10.5 Å². The summed E-state index contributed by atoms with van der Waals surface area (Å²) in [5.41, 5.74) is 3.03. The molecule has 17 nitrogen and oxygen atoms in total. The first-order chi connectivity index (χ1) is 25.4. The molecule has 52 heavy (non-hydrogen) atoms. The Morgan fingerprint density at radius 3 is 2.60 bits per heavy atom. The number of hydrogen-bond acceptors (Lipinski definition) is 15. The van der Waals surface area contributed by atoms with Gasteiger partial charge in [-0.1, -0.05) is 29.8 Å². The van der Waals surface area contributed by atoms with Crippen LogP contribution in [0.15, 0.2) is 42.5 Å².